The minimum Gasteiger partial charge on any atom is -0.358 e. The van der Waals surface area contributed by atoms with Gasteiger partial charge in [-0.3, -0.25) is 4.79 Å². The molecule has 0 heterocycles. The van der Waals surface area contributed by atoms with Crippen LogP contribution in [-0.2, 0) is 21.1 Å². The number of nitrogens with one attached hydrogen (secondary N) is 1. The Morgan fingerprint density at radius 3 is 2.21 bits per heavy atom. The lowest BCUT2D eigenvalue weighted by atomic mass is 10.0. The minimum atomic E-state index is -3.77. The summed E-state index contributed by atoms with van der Waals surface area (Å²) in [5.74, 6) is -0.526. The maximum Gasteiger partial charge on any atom is 0.241 e. The highest BCUT2D eigenvalue weighted by molar-refractivity contribution is 7.93. The molecule has 2 aromatic rings. The molecule has 1 N–H and O–H groups in total. The van der Waals surface area contributed by atoms with Crippen molar-refractivity contribution >= 4 is 15.7 Å². The van der Waals surface area contributed by atoms with E-state index in [9.17, 15) is 13.2 Å². The van der Waals surface area contributed by atoms with Crippen molar-refractivity contribution in [1.29, 1.82) is 0 Å². The molecule has 128 valence electrons. The van der Waals surface area contributed by atoms with E-state index in [1.165, 1.54) is 26.5 Å². The summed E-state index contributed by atoms with van der Waals surface area (Å²) >= 11 is 0. The Bertz CT molecular complexity index is 837. The van der Waals surface area contributed by atoms with Gasteiger partial charge >= 0.3 is 0 Å². The van der Waals surface area contributed by atoms with E-state index in [1.54, 1.807) is 24.3 Å². The van der Waals surface area contributed by atoms with Crippen molar-refractivity contribution in [3.63, 3.8) is 0 Å². The zero-order valence-corrected chi connectivity index (χ0v) is 15.3. The number of sulfone groups is 1. The van der Waals surface area contributed by atoms with Gasteiger partial charge in [0, 0.05) is 7.05 Å². The Kier molecular flexibility index (Phi) is 5.13. The van der Waals surface area contributed by atoms with Crippen molar-refractivity contribution in [2.24, 2.45) is 0 Å². The molecule has 0 radical (unpaired) electrons. The summed E-state index contributed by atoms with van der Waals surface area (Å²) < 4.78 is 24.0. The van der Waals surface area contributed by atoms with E-state index in [1.807, 2.05) is 12.1 Å². The van der Waals surface area contributed by atoms with Gasteiger partial charge in [0.1, 0.15) is 4.75 Å². The van der Waals surface area contributed by atoms with E-state index in [0.29, 0.717) is 0 Å². The van der Waals surface area contributed by atoms with E-state index in [2.05, 4.69) is 24.4 Å². The van der Waals surface area contributed by atoms with Crippen LogP contribution in [0.4, 0.5) is 0 Å². The van der Waals surface area contributed by atoms with Gasteiger partial charge in [-0.2, -0.15) is 0 Å². The quantitative estimate of drug-likeness (QED) is 0.905. The third-order valence-corrected chi connectivity index (χ3v) is 6.70. The SMILES string of the molecule is CCc1cccc(-c2ccc(S(=O)(=O)C(C)(C)C(=O)NC)cc2)c1. The second-order valence-electron chi connectivity index (χ2n) is 6.17. The van der Waals surface area contributed by atoms with Gasteiger partial charge in [-0.15, -0.1) is 0 Å². The second-order valence-corrected chi connectivity index (χ2v) is 8.67. The molecule has 2 aromatic carbocycles. The van der Waals surface area contributed by atoms with Crippen LogP contribution in [0.5, 0.6) is 0 Å². The molecule has 0 atom stereocenters. The van der Waals surface area contributed by atoms with Gasteiger partial charge < -0.3 is 5.32 Å². The molecule has 0 spiro atoms. The van der Waals surface area contributed by atoms with Gasteiger partial charge in [0.2, 0.25) is 5.91 Å². The molecule has 0 unspecified atom stereocenters. The summed E-state index contributed by atoms with van der Waals surface area (Å²) in [6.07, 6.45) is 0.945. The normalized spacial score (nSPS) is 12.0. The zero-order valence-electron chi connectivity index (χ0n) is 14.5. The Labute approximate surface area is 143 Å². The number of carbonyl (C=O) groups is 1. The first-order valence-electron chi connectivity index (χ1n) is 7.90. The third-order valence-electron chi connectivity index (χ3n) is 4.28. The highest BCUT2D eigenvalue weighted by Gasteiger charge is 2.42. The van der Waals surface area contributed by atoms with Crippen LogP contribution in [0.3, 0.4) is 0 Å². The standard InChI is InChI=1S/C19H23NO3S/c1-5-14-7-6-8-16(13-14)15-9-11-17(12-10-15)24(22,23)19(2,3)18(21)20-4/h6-13H,5H2,1-4H3,(H,20,21). The van der Waals surface area contributed by atoms with Crippen molar-refractivity contribution in [3.8, 4) is 11.1 Å². The summed E-state index contributed by atoms with van der Waals surface area (Å²) in [7, 11) is -2.34. The number of hydrogen-bond acceptors (Lipinski definition) is 3. The van der Waals surface area contributed by atoms with Gasteiger partial charge in [0.05, 0.1) is 4.90 Å². The number of benzene rings is 2. The van der Waals surface area contributed by atoms with E-state index < -0.39 is 20.5 Å². The molecular weight excluding hydrogens is 322 g/mol. The molecule has 2 rings (SSSR count). The second kappa shape index (κ2) is 6.77. The molecule has 0 bridgehead atoms. The van der Waals surface area contributed by atoms with Crippen LogP contribution in [0.2, 0.25) is 0 Å². The van der Waals surface area contributed by atoms with Crippen molar-refractivity contribution in [1.82, 2.24) is 5.32 Å². The van der Waals surface area contributed by atoms with Crippen molar-refractivity contribution < 1.29 is 13.2 Å². The number of aryl methyl sites for hydroxylation is 1. The third kappa shape index (κ3) is 3.22. The van der Waals surface area contributed by atoms with E-state index in [4.69, 9.17) is 0 Å². The summed E-state index contributed by atoms with van der Waals surface area (Å²) in [6, 6.07) is 14.8. The molecule has 0 fully saturated rings. The lowest BCUT2D eigenvalue weighted by molar-refractivity contribution is -0.122. The molecule has 0 aliphatic heterocycles. The Balaban J connectivity index is 2.40. The fourth-order valence-corrected chi connectivity index (χ4v) is 3.94. The Hall–Kier alpha value is -2.14. The van der Waals surface area contributed by atoms with Crippen LogP contribution in [0.25, 0.3) is 11.1 Å². The van der Waals surface area contributed by atoms with E-state index in [-0.39, 0.29) is 4.90 Å². The summed E-state index contributed by atoms with van der Waals surface area (Å²) in [6.45, 7) is 4.93. The van der Waals surface area contributed by atoms with Crippen molar-refractivity contribution in [3.05, 3.63) is 54.1 Å². The lowest BCUT2D eigenvalue weighted by Gasteiger charge is -2.23. The molecule has 0 aromatic heterocycles. The molecule has 0 saturated carbocycles. The molecule has 0 aliphatic rings. The van der Waals surface area contributed by atoms with Crippen LogP contribution in [0.15, 0.2) is 53.4 Å². The highest BCUT2D eigenvalue weighted by Crippen LogP contribution is 2.28. The molecule has 0 saturated heterocycles. The molecule has 5 heteroatoms. The lowest BCUT2D eigenvalue weighted by Crippen LogP contribution is -2.46. The first kappa shape index (κ1) is 18.2. The Morgan fingerprint density at radius 2 is 1.67 bits per heavy atom. The average molecular weight is 345 g/mol. The predicted molar refractivity (Wildman–Crippen MR) is 96.6 cm³/mol. The average Bonchev–Trinajstić information content (AvgIpc) is 2.60. The molecule has 4 nitrogen and oxygen atoms in total. The van der Waals surface area contributed by atoms with Crippen LogP contribution >= 0.6 is 0 Å². The summed E-state index contributed by atoms with van der Waals surface area (Å²) in [5, 5.41) is 2.41. The topological polar surface area (TPSA) is 63.2 Å². The van der Waals surface area contributed by atoms with Crippen molar-refractivity contribution in [2.45, 2.75) is 36.8 Å². The highest BCUT2D eigenvalue weighted by atomic mass is 32.2. The van der Waals surface area contributed by atoms with Crippen molar-refractivity contribution in [2.75, 3.05) is 7.05 Å². The molecular formula is C19H23NO3S. The van der Waals surface area contributed by atoms with Gasteiger partial charge in [-0.25, -0.2) is 8.42 Å². The van der Waals surface area contributed by atoms with Gasteiger partial charge in [0.15, 0.2) is 9.84 Å². The number of hydrogen-bond donors (Lipinski definition) is 1. The largest absolute Gasteiger partial charge is 0.358 e. The van der Waals surface area contributed by atoms with Crippen LogP contribution in [0.1, 0.15) is 26.3 Å². The number of rotatable bonds is 5. The maximum atomic E-state index is 12.7. The predicted octanol–water partition coefficient (Wildman–Crippen LogP) is 3.21. The van der Waals surface area contributed by atoms with E-state index in [0.717, 1.165) is 17.5 Å². The number of amides is 1. The van der Waals surface area contributed by atoms with Gasteiger partial charge in [0.25, 0.3) is 0 Å². The zero-order chi connectivity index (χ0) is 18.0. The van der Waals surface area contributed by atoms with Crippen LogP contribution in [0, 0.1) is 0 Å². The first-order valence-corrected chi connectivity index (χ1v) is 9.38. The molecule has 24 heavy (non-hydrogen) atoms. The van der Waals surface area contributed by atoms with E-state index >= 15 is 0 Å². The fraction of sp³-hybridized carbons (Fsp3) is 0.316. The fourth-order valence-electron chi connectivity index (χ4n) is 2.52. The molecule has 0 aliphatic carbocycles. The number of carbonyl (C=O) groups excluding carboxylic acids is 1. The summed E-state index contributed by atoms with van der Waals surface area (Å²) in [4.78, 5) is 12.1. The first-order chi connectivity index (χ1) is 11.2. The monoisotopic (exact) mass is 345 g/mol. The van der Waals surface area contributed by atoms with Gasteiger partial charge in [-0.05, 0) is 49.1 Å². The summed E-state index contributed by atoms with van der Waals surface area (Å²) in [5.41, 5.74) is 3.22. The Morgan fingerprint density at radius 1 is 1.04 bits per heavy atom. The smallest absolute Gasteiger partial charge is 0.241 e. The van der Waals surface area contributed by atoms with Gasteiger partial charge in [-0.1, -0.05) is 43.3 Å². The molecule has 1 amide bonds. The maximum absolute atomic E-state index is 12.7. The minimum absolute atomic E-state index is 0.145. The van der Waals surface area contributed by atoms with Crippen LogP contribution < -0.4 is 5.32 Å². The van der Waals surface area contributed by atoms with Crippen LogP contribution in [-0.4, -0.2) is 26.1 Å².